The Morgan fingerprint density at radius 3 is 2.71 bits per heavy atom. The summed E-state index contributed by atoms with van der Waals surface area (Å²) >= 11 is 1.47. The minimum Gasteiger partial charge on any atom is -0.478 e. The van der Waals surface area contributed by atoms with Gasteiger partial charge in [0.25, 0.3) is 0 Å². The minimum absolute atomic E-state index is 0.0459. The average Bonchev–Trinajstić information content (AvgIpc) is 3.17. The van der Waals surface area contributed by atoms with E-state index in [0.29, 0.717) is 16.5 Å². The number of nitrogens with one attached hydrogen (secondary N) is 1. The molecule has 3 atom stereocenters. The third-order valence-corrected chi connectivity index (χ3v) is 6.65. The molecule has 2 fully saturated rings. The molecule has 3 unspecified atom stereocenters. The van der Waals surface area contributed by atoms with E-state index in [-0.39, 0.29) is 11.8 Å². The van der Waals surface area contributed by atoms with Crippen LogP contribution in [0.1, 0.15) is 52.9 Å². The Hall–Kier alpha value is -1.36. The number of aryl methyl sites for hydroxylation is 1. The molecule has 1 aromatic rings. The van der Waals surface area contributed by atoms with E-state index in [1.807, 2.05) is 0 Å². The Kier molecular flexibility index (Phi) is 3.06. The van der Waals surface area contributed by atoms with Crippen LogP contribution in [-0.4, -0.2) is 17.0 Å². The zero-order chi connectivity index (χ0) is 14.6. The van der Waals surface area contributed by atoms with Gasteiger partial charge in [-0.05, 0) is 55.9 Å². The lowest BCUT2D eigenvalue weighted by atomic mass is 9.88. The molecule has 2 bridgehead atoms. The topological polar surface area (TPSA) is 66.4 Å². The van der Waals surface area contributed by atoms with Gasteiger partial charge in [-0.3, -0.25) is 4.79 Å². The number of fused-ring (bicyclic) bond motifs is 3. The third-order valence-electron chi connectivity index (χ3n) is 5.45. The minimum atomic E-state index is -0.905. The molecule has 112 valence electrons. The number of thiophene rings is 1. The van der Waals surface area contributed by atoms with E-state index in [2.05, 4.69) is 5.32 Å². The molecule has 2 saturated carbocycles. The number of carbonyl (C=O) groups is 2. The fraction of sp³-hybridized carbons (Fsp3) is 0.625. The summed E-state index contributed by atoms with van der Waals surface area (Å²) in [4.78, 5) is 25.2. The van der Waals surface area contributed by atoms with Crippen molar-refractivity contribution >= 4 is 28.2 Å². The van der Waals surface area contributed by atoms with Crippen molar-refractivity contribution in [1.82, 2.24) is 0 Å². The smallest absolute Gasteiger partial charge is 0.339 e. The highest BCUT2D eigenvalue weighted by atomic mass is 32.1. The van der Waals surface area contributed by atoms with Crippen LogP contribution in [-0.2, 0) is 17.6 Å². The van der Waals surface area contributed by atoms with Gasteiger partial charge in [-0.2, -0.15) is 0 Å². The Bertz CT molecular complexity index is 621. The van der Waals surface area contributed by atoms with Gasteiger partial charge in [0.1, 0.15) is 5.00 Å². The van der Waals surface area contributed by atoms with Crippen molar-refractivity contribution in [3.05, 3.63) is 16.0 Å². The van der Waals surface area contributed by atoms with E-state index in [1.54, 1.807) is 0 Å². The van der Waals surface area contributed by atoms with Crippen molar-refractivity contribution in [3.63, 3.8) is 0 Å². The van der Waals surface area contributed by atoms with Gasteiger partial charge in [-0.25, -0.2) is 4.79 Å². The summed E-state index contributed by atoms with van der Waals surface area (Å²) in [5, 5.41) is 13.0. The van der Waals surface area contributed by atoms with Crippen LogP contribution in [0.4, 0.5) is 5.00 Å². The normalized spacial score (nSPS) is 29.6. The number of carboxylic acids is 1. The maximum Gasteiger partial charge on any atom is 0.339 e. The van der Waals surface area contributed by atoms with Crippen LogP contribution in [0.3, 0.4) is 0 Å². The van der Waals surface area contributed by atoms with Gasteiger partial charge in [0.05, 0.1) is 5.56 Å². The maximum atomic E-state index is 12.5. The fourth-order valence-corrected chi connectivity index (χ4v) is 5.77. The molecule has 0 saturated heterocycles. The Labute approximate surface area is 127 Å². The first kappa shape index (κ1) is 13.3. The average molecular weight is 305 g/mol. The lowest BCUT2D eigenvalue weighted by molar-refractivity contribution is -0.121. The summed E-state index contributed by atoms with van der Waals surface area (Å²) in [5.41, 5.74) is 1.31. The van der Waals surface area contributed by atoms with Crippen LogP contribution in [0, 0.1) is 17.8 Å². The molecule has 0 aliphatic heterocycles. The lowest BCUT2D eigenvalue weighted by Crippen LogP contribution is -2.27. The summed E-state index contributed by atoms with van der Waals surface area (Å²) < 4.78 is 0. The number of carboxylic acid groups (broad SMARTS) is 1. The van der Waals surface area contributed by atoms with Crippen molar-refractivity contribution < 1.29 is 14.7 Å². The Morgan fingerprint density at radius 1 is 1.19 bits per heavy atom. The van der Waals surface area contributed by atoms with Gasteiger partial charge in [0.2, 0.25) is 5.91 Å². The summed E-state index contributed by atoms with van der Waals surface area (Å²) in [6.45, 7) is 0. The Morgan fingerprint density at radius 2 is 2.05 bits per heavy atom. The summed E-state index contributed by atoms with van der Waals surface area (Å²) in [6, 6.07) is 0. The van der Waals surface area contributed by atoms with Crippen LogP contribution in [0.2, 0.25) is 0 Å². The van der Waals surface area contributed by atoms with Crippen molar-refractivity contribution in [1.29, 1.82) is 0 Å². The first-order valence-electron chi connectivity index (χ1n) is 7.82. The number of rotatable bonds is 3. The molecule has 3 aliphatic carbocycles. The van der Waals surface area contributed by atoms with Crippen molar-refractivity contribution in [2.45, 2.75) is 44.9 Å². The highest BCUT2D eigenvalue weighted by Gasteiger charge is 2.43. The van der Waals surface area contributed by atoms with E-state index >= 15 is 0 Å². The molecule has 0 spiro atoms. The summed E-state index contributed by atoms with van der Waals surface area (Å²) in [5.74, 6) is 0.484. The van der Waals surface area contributed by atoms with Crippen molar-refractivity contribution in [2.24, 2.45) is 17.8 Å². The van der Waals surface area contributed by atoms with Gasteiger partial charge >= 0.3 is 5.97 Å². The predicted octanol–water partition coefficient (Wildman–Crippen LogP) is 3.31. The van der Waals surface area contributed by atoms with Gasteiger partial charge in [0, 0.05) is 10.8 Å². The van der Waals surface area contributed by atoms with Crippen molar-refractivity contribution in [3.8, 4) is 0 Å². The van der Waals surface area contributed by atoms with E-state index < -0.39 is 5.97 Å². The summed E-state index contributed by atoms with van der Waals surface area (Å²) in [7, 11) is 0. The van der Waals surface area contributed by atoms with Crippen LogP contribution in [0.5, 0.6) is 0 Å². The Balaban J connectivity index is 1.57. The first-order valence-corrected chi connectivity index (χ1v) is 8.64. The molecule has 4 nitrogen and oxygen atoms in total. The second-order valence-corrected chi connectivity index (χ2v) is 7.74. The molecule has 3 aliphatic rings. The molecule has 2 N–H and O–H groups in total. The van der Waals surface area contributed by atoms with Crippen LogP contribution in [0.15, 0.2) is 0 Å². The van der Waals surface area contributed by atoms with E-state index in [0.717, 1.165) is 48.5 Å². The molecule has 4 rings (SSSR count). The highest BCUT2D eigenvalue weighted by molar-refractivity contribution is 7.17. The quantitative estimate of drug-likeness (QED) is 0.900. The number of hydrogen-bond acceptors (Lipinski definition) is 3. The third kappa shape index (κ3) is 2.09. The number of hydrogen-bond donors (Lipinski definition) is 2. The SMILES string of the molecule is O=C(O)c1c(NC(=O)C2CC3CCC2C3)sc2c1CCC2. The second kappa shape index (κ2) is 4.83. The zero-order valence-corrected chi connectivity index (χ0v) is 12.7. The van der Waals surface area contributed by atoms with Crippen LogP contribution in [0.25, 0.3) is 0 Å². The second-order valence-electron chi connectivity index (χ2n) is 6.64. The molecule has 1 heterocycles. The predicted molar refractivity (Wildman–Crippen MR) is 80.9 cm³/mol. The fourth-order valence-electron chi connectivity index (χ4n) is 4.49. The maximum absolute atomic E-state index is 12.5. The molecule has 0 radical (unpaired) electrons. The number of carbonyl (C=O) groups excluding carboxylic acids is 1. The first-order chi connectivity index (χ1) is 10.1. The standard InChI is InChI=1S/C16H19NO3S/c18-14(11-7-8-4-5-9(11)6-8)17-15-13(16(19)20)10-2-1-3-12(10)21-15/h8-9,11H,1-7H2,(H,17,18)(H,19,20). The van der Waals surface area contributed by atoms with E-state index in [1.165, 1.54) is 24.2 Å². The molecule has 0 aromatic carbocycles. The van der Waals surface area contributed by atoms with E-state index in [4.69, 9.17) is 0 Å². The number of aromatic carboxylic acids is 1. The molecule has 1 amide bonds. The summed E-state index contributed by atoms with van der Waals surface area (Å²) in [6.07, 6.45) is 7.41. The molecule has 5 heteroatoms. The zero-order valence-electron chi connectivity index (χ0n) is 11.9. The number of anilines is 1. The number of amides is 1. The molecular formula is C16H19NO3S. The van der Waals surface area contributed by atoms with Crippen molar-refractivity contribution in [2.75, 3.05) is 5.32 Å². The van der Waals surface area contributed by atoms with Gasteiger partial charge < -0.3 is 10.4 Å². The van der Waals surface area contributed by atoms with E-state index in [9.17, 15) is 14.7 Å². The van der Waals surface area contributed by atoms with Gasteiger partial charge in [-0.15, -0.1) is 11.3 Å². The van der Waals surface area contributed by atoms with Gasteiger partial charge in [0.15, 0.2) is 0 Å². The lowest BCUT2D eigenvalue weighted by Gasteiger charge is -2.20. The monoisotopic (exact) mass is 305 g/mol. The van der Waals surface area contributed by atoms with Crippen LogP contribution < -0.4 is 5.32 Å². The molecular weight excluding hydrogens is 286 g/mol. The largest absolute Gasteiger partial charge is 0.478 e. The molecule has 21 heavy (non-hydrogen) atoms. The molecule has 1 aromatic heterocycles. The van der Waals surface area contributed by atoms with Crippen LogP contribution >= 0.6 is 11.3 Å². The van der Waals surface area contributed by atoms with Gasteiger partial charge in [-0.1, -0.05) is 6.42 Å². The highest BCUT2D eigenvalue weighted by Crippen LogP contribution is 2.49.